The fourth-order valence-corrected chi connectivity index (χ4v) is 2.94. The van der Waals surface area contributed by atoms with Crippen molar-refractivity contribution < 1.29 is 4.79 Å². The molecule has 0 bridgehead atoms. The van der Waals surface area contributed by atoms with Gasteiger partial charge in [-0.15, -0.1) is 0 Å². The molecule has 0 saturated heterocycles. The Balaban J connectivity index is 2.35. The minimum Gasteiger partial charge on any atom is -0.295 e. The minimum absolute atomic E-state index is 0.249. The van der Waals surface area contributed by atoms with E-state index in [9.17, 15) is 4.79 Å². The highest BCUT2D eigenvalue weighted by Crippen LogP contribution is 2.49. The van der Waals surface area contributed by atoms with Gasteiger partial charge in [0.15, 0.2) is 5.78 Å². The van der Waals surface area contributed by atoms with Gasteiger partial charge in [0.1, 0.15) is 0 Å². The highest BCUT2D eigenvalue weighted by atomic mass is 16.1. The fourth-order valence-electron chi connectivity index (χ4n) is 2.94. The predicted molar refractivity (Wildman–Crippen MR) is 58.0 cm³/mol. The Morgan fingerprint density at radius 1 is 1.29 bits per heavy atom. The van der Waals surface area contributed by atoms with Crippen LogP contribution < -0.4 is 0 Å². The number of ketones is 1. The van der Waals surface area contributed by atoms with Gasteiger partial charge >= 0.3 is 0 Å². The van der Waals surface area contributed by atoms with Crippen molar-refractivity contribution in [2.24, 2.45) is 17.3 Å². The number of carbonyl (C=O) groups is 1. The average molecular weight is 192 g/mol. The van der Waals surface area contributed by atoms with Crippen molar-refractivity contribution in [3.05, 3.63) is 11.6 Å². The van der Waals surface area contributed by atoms with Crippen LogP contribution in [-0.4, -0.2) is 5.78 Å². The molecule has 14 heavy (non-hydrogen) atoms. The average Bonchev–Trinajstić information content (AvgIpc) is 2.13. The molecule has 0 amide bonds. The first-order chi connectivity index (χ1) is 6.51. The van der Waals surface area contributed by atoms with E-state index in [1.165, 1.54) is 18.4 Å². The Hall–Kier alpha value is -0.590. The molecule has 1 heteroatoms. The summed E-state index contributed by atoms with van der Waals surface area (Å²) in [5.41, 5.74) is 1.69. The molecule has 1 nitrogen and oxygen atoms in total. The third-order valence-electron chi connectivity index (χ3n) is 4.42. The number of rotatable bonds is 0. The number of allylic oxidation sites excluding steroid dienone is 2. The Morgan fingerprint density at radius 3 is 2.71 bits per heavy atom. The smallest absolute Gasteiger partial charge is 0.155 e. The van der Waals surface area contributed by atoms with Crippen LogP contribution in [0.25, 0.3) is 0 Å². The third-order valence-corrected chi connectivity index (χ3v) is 4.42. The van der Waals surface area contributed by atoms with Crippen molar-refractivity contribution >= 4 is 5.78 Å². The Morgan fingerprint density at radius 2 is 2.00 bits per heavy atom. The quantitative estimate of drug-likeness (QED) is 0.575. The van der Waals surface area contributed by atoms with Crippen molar-refractivity contribution in [1.29, 1.82) is 0 Å². The summed E-state index contributed by atoms with van der Waals surface area (Å²) in [5, 5.41) is 0. The van der Waals surface area contributed by atoms with Gasteiger partial charge in [0.25, 0.3) is 0 Å². The van der Waals surface area contributed by atoms with E-state index < -0.39 is 0 Å². The zero-order valence-electron chi connectivity index (χ0n) is 9.47. The van der Waals surface area contributed by atoms with Crippen LogP contribution in [0.5, 0.6) is 0 Å². The molecule has 78 valence electrons. The van der Waals surface area contributed by atoms with Gasteiger partial charge in [-0.3, -0.25) is 4.79 Å². The Labute approximate surface area is 86.6 Å². The molecule has 0 aliphatic heterocycles. The maximum atomic E-state index is 11.4. The second kappa shape index (κ2) is 3.22. The molecule has 0 radical (unpaired) electrons. The van der Waals surface area contributed by atoms with Crippen molar-refractivity contribution in [3.63, 3.8) is 0 Å². The van der Waals surface area contributed by atoms with Crippen LogP contribution in [0.1, 0.15) is 46.5 Å². The normalized spacial score (nSPS) is 36.2. The second-order valence-corrected chi connectivity index (χ2v) is 5.50. The molecule has 1 fully saturated rings. The van der Waals surface area contributed by atoms with E-state index in [4.69, 9.17) is 0 Å². The lowest BCUT2D eigenvalue weighted by atomic mass is 9.60. The predicted octanol–water partition coefficient (Wildman–Crippen LogP) is 3.35. The van der Waals surface area contributed by atoms with Crippen molar-refractivity contribution in [2.75, 3.05) is 0 Å². The molecule has 0 aromatic rings. The van der Waals surface area contributed by atoms with E-state index in [-0.39, 0.29) is 5.41 Å². The SMILES string of the molecule is C[C@@H]1CC[C@H]2CCC(=O)C=C2C1(C)C. The Bertz CT molecular complexity index is 286. The summed E-state index contributed by atoms with van der Waals surface area (Å²) in [7, 11) is 0. The van der Waals surface area contributed by atoms with Gasteiger partial charge in [-0.2, -0.15) is 0 Å². The Kier molecular flexibility index (Phi) is 2.29. The van der Waals surface area contributed by atoms with Crippen LogP contribution in [0.2, 0.25) is 0 Å². The minimum atomic E-state index is 0.249. The molecule has 2 aliphatic rings. The van der Waals surface area contributed by atoms with Crippen LogP contribution in [0.15, 0.2) is 11.6 Å². The number of hydrogen-bond donors (Lipinski definition) is 0. The third kappa shape index (κ3) is 1.43. The van der Waals surface area contributed by atoms with E-state index in [1.807, 2.05) is 6.08 Å². The maximum absolute atomic E-state index is 11.4. The van der Waals surface area contributed by atoms with E-state index in [2.05, 4.69) is 20.8 Å². The molecule has 2 aliphatic carbocycles. The summed E-state index contributed by atoms with van der Waals surface area (Å²) in [6.45, 7) is 6.92. The standard InChI is InChI=1S/C13H20O/c1-9-4-5-10-6-7-11(14)8-12(10)13(9,2)3/h8-10H,4-7H2,1-3H3/t9-,10+/m1/s1. The summed E-state index contributed by atoms with van der Waals surface area (Å²) in [4.78, 5) is 11.4. The highest BCUT2D eigenvalue weighted by Gasteiger charge is 2.40. The van der Waals surface area contributed by atoms with Gasteiger partial charge in [-0.05, 0) is 42.6 Å². The summed E-state index contributed by atoms with van der Waals surface area (Å²) >= 11 is 0. The van der Waals surface area contributed by atoms with E-state index in [0.717, 1.165) is 18.8 Å². The number of carbonyl (C=O) groups excluding carboxylic acids is 1. The monoisotopic (exact) mass is 192 g/mol. The van der Waals surface area contributed by atoms with Crippen LogP contribution in [0.4, 0.5) is 0 Å². The lowest BCUT2D eigenvalue weighted by Crippen LogP contribution is -2.35. The molecule has 0 aromatic carbocycles. The topological polar surface area (TPSA) is 17.1 Å². The number of hydrogen-bond acceptors (Lipinski definition) is 1. The highest BCUT2D eigenvalue weighted by molar-refractivity contribution is 5.91. The van der Waals surface area contributed by atoms with E-state index >= 15 is 0 Å². The molecule has 1 saturated carbocycles. The van der Waals surface area contributed by atoms with Crippen LogP contribution in [0, 0.1) is 17.3 Å². The molecule has 2 atom stereocenters. The maximum Gasteiger partial charge on any atom is 0.155 e. The molecule has 2 rings (SSSR count). The summed E-state index contributed by atoms with van der Waals surface area (Å²) in [6, 6.07) is 0. The molecule has 0 heterocycles. The van der Waals surface area contributed by atoms with Crippen LogP contribution >= 0.6 is 0 Å². The molecular formula is C13H20O. The van der Waals surface area contributed by atoms with Crippen LogP contribution in [0.3, 0.4) is 0 Å². The first kappa shape index (κ1) is 9.95. The van der Waals surface area contributed by atoms with Gasteiger partial charge in [-0.1, -0.05) is 26.3 Å². The largest absolute Gasteiger partial charge is 0.295 e. The lowest BCUT2D eigenvalue weighted by molar-refractivity contribution is -0.115. The van der Waals surface area contributed by atoms with E-state index in [0.29, 0.717) is 11.7 Å². The molecule has 0 spiro atoms. The van der Waals surface area contributed by atoms with E-state index in [1.54, 1.807) is 0 Å². The van der Waals surface area contributed by atoms with Crippen molar-refractivity contribution in [1.82, 2.24) is 0 Å². The first-order valence-corrected chi connectivity index (χ1v) is 5.76. The van der Waals surface area contributed by atoms with Gasteiger partial charge in [0.05, 0.1) is 0 Å². The molecule has 0 unspecified atom stereocenters. The van der Waals surface area contributed by atoms with Crippen molar-refractivity contribution in [2.45, 2.75) is 46.5 Å². The van der Waals surface area contributed by atoms with Gasteiger partial charge in [0.2, 0.25) is 0 Å². The molecular weight excluding hydrogens is 172 g/mol. The van der Waals surface area contributed by atoms with Gasteiger partial charge < -0.3 is 0 Å². The van der Waals surface area contributed by atoms with Gasteiger partial charge in [-0.25, -0.2) is 0 Å². The molecule has 0 N–H and O–H groups in total. The fraction of sp³-hybridized carbons (Fsp3) is 0.769. The lowest BCUT2D eigenvalue weighted by Gasteiger charge is -2.45. The second-order valence-electron chi connectivity index (χ2n) is 5.50. The molecule has 0 aromatic heterocycles. The zero-order chi connectivity index (χ0) is 10.3. The summed E-state index contributed by atoms with van der Waals surface area (Å²) in [5.74, 6) is 1.77. The van der Waals surface area contributed by atoms with Crippen molar-refractivity contribution in [3.8, 4) is 0 Å². The first-order valence-electron chi connectivity index (χ1n) is 5.76. The summed E-state index contributed by atoms with van der Waals surface area (Å²) in [6.07, 6.45) is 6.44. The zero-order valence-corrected chi connectivity index (χ0v) is 9.47. The van der Waals surface area contributed by atoms with Gasteiger partial charge in [0, 0.05) is 6.42 Å². The number of fused-ring (bicyclic) bond motifs is 1. The van der Waals surface area contributed by atoms with Crippen LogP contribution in [-0.2, 0) is 4.79 Å². The summed E-state index contributed by atoms with van der Waals surface area (Å²) < 4.78 is 0.